The lowest BCUT2D eigenvalue weighted by Gasteiger charge is -2.29. The fourth-order valence-electron chi connectivity index (χ4n) is 5.17. The third-order valence-corrected chi connectivity index (χ3v) is 8.25. The van der Waals surface area contributed by atoms with Crippen LogP contribution in [-0.2, 0) is 26.8 Å². The minimum atomic E-state index is -0.235. The molecular weight excluding hydrogens is 504 g/mol. The standard InChI is InChI=1S/C33H42N2O3S/c1-32(2,3)25-19-24(20-26(31(25)38)33(4,5)6)39-30(37)14-10-9-13-29(36)34-23-15-16-28-22(18-23)17-21-11-7-8-12-27(21)35-28/h7-8,11-12,15-16,19-20,23,35,38H,9-10,13-14,17-18H2,1-6H3,(H,34,36). The Balaban J connectivity index is 1.23. The summed E-state index contributed by atoms with van der Waals surface area (Å²) in [6.45, 7) is 12.4. The number of nitrogens with one attached hydrogen (secondary N) is 2. The molecule has 0 aromatic heterocycles. The molecule has 0 fully saturated rings. The van der Waals surface area contributed by atoms with Crippen molar-refractivity contribution in [2.24, 2.45) is 0 Å². The average Bonchev–Trinajstić information content (AvgIpc) is 2.85. The van der Waals surface area contributed by atoms with Gasteiger partial charge < -0.3 is 15.7 Å². The summed E-state index contributed by atoms with van der Waals surface area (Å²) < 4.78 is 0. The minimum Gasteiger partial charge on any atom is -0.507 e. The van der Waals surface area contributed by atoms with E-state index in [1.807, 2.05) is 18.2 Å². The SMILES string of the molecule is CC(C)(C)c1cc(SC(=O)CCCCC(=O)NC2C=CC3=C(Cc4ccccc4N3)C2)cc(C(C)(C)C)c1O. The first-order valence-electron chi connectivity index (χ1n) is 13.9. The first-order valence-corrected chi connectivity index (χ1v) is 14.8. The summed E-state index contributed by atoms with van der Waals surface area (Å²) >= 11 is 1.24. The van der Waals surface area contributed by atoms with Crippen molar-refractivity contribution in [3.05, 3.63) is 76.5 Å². The Bertz CT molecular complexity index is 1280. The van der Waals surface area contributed by atoms with Gasteiger partial charge in [-0.15, -0.1) is 0 Å². The predicted molar refractivity (Wildman–Crippen MR) is 161 cm³/mol. The van der Waals surface area contributed by atoms with Crippen molar-refractivity contribution in [3.8, 4) is 5.75 Å². The first kappa shape index (κ1) is 29.0. The van der Waals surface area contributed by atoms with Gasteiger partial charge in [-0.25, -0.2) is 0 Å². The monoisotopic (exact) mass is 546 g/mol. The fraction of sp³-hybridized carbons (Fsp3) is 0.455. The lowest BCUT2D eigenvalue weighted by Crippen LogP contribution is -2.35. The van der Waals surface area contributed by atoms with Crippen molar-refractivity contribution < 1.29 is 14.7 Å². The van der Waals surface area contributed by atoms with Gasteiger partial charge in [0.1, 0.15) is 5.75 Å². The lowest BCUT2D eigenvalue weighted by molar-refractivity contribution is -0.121. The van der Waals surface area contributed by atoms with Crippen molar-refractivity contribution >= 4 is 28.5 Å². The Morgan fingerprint density at radius 3 is 2.31 bits per heavy atom. The molecule has 6 heteroatoms. The molecule has 39 heavy (non-hydrogen) atoms. The number of hydrogen-bond acceptors (Lipinski definition) is 5. The van der Waals surface area contributed by atoms with Crippen LogP contribution in [0.5, 0.6) is 5.75 Å². The molecule has 208 valence electrons. The zero-order valence-corrected chi connectivity index (χ0v) is 24.9. The van der Waals surface area contributed by atoms with E-state index in [1.165, 1.54) is 22.9 Å². The fourth-order valence-corrected chi connectivity index (χ4v) is 6.03. The highest BCUT2D eigenvalue weighted by atomic mass is 32.2. The number of allylic oxidation sites excluding steroid dienone is 1. The maximum atomic E-state index is 12.8. The maximum Gasteiger partial charge on any atom is 0.220 e. The van der Waals surface area contributed by atoms with E-state index in [9.17, 15) is 14.7 Å². The highest BCUT2D eigenvalue weighted by Crippen LogP contribution is 2.42. The van der Waals surface area contributed by atoms with E-state index in [4.69, 9.17) is 0 Å². The molecular formula is C33H42N2O3S. The van der Waals surface area contributed by atoms with Crippen LogP contribution in [0, 0.1) is 0 Å². The predicted octanol–water partition coefficient (Wildman–Crippen LogP) is 7.53. The highest BCUT2D eigenvalue weighted by molar-refractivity contribution is 8.13. The van der Waals surface area contributed by atoms with Gasteiger partial charge in [0.15, 0.2) is 5.12 Å². The summed E-state index contributed by atoms with van der Waals surface area (Å²) in [7, 11) is 0. The van der Waals surface area contributed by atoms with Crippen molar-refractivity contribution in [1.82, 2.24) is 5.32 Å². The number of carbonyl (C=O) groups excluding carboxylic acids is 2. The molecule has 1 atom stereocenters. The summed E-state index contributed by atoms with van der Waals surface area (Å²) in [5.41, 5.74) is 6.16. The largest absolute Gasteiger partial charge is 0.507 e. The first-order chi connectivity index (χ1) is 18.3. The van der Waals surface area contributed by atoms with Crippen molar-refractivity contribution in [3.63, 3.8) is 0 Å². The summed E-state index contributed by atoms with van der Waals surface area (Å²) in [5.74, 6) is 0.351. The Labute approximate surface area is 237 Å². The van der Waals surface area contributed by atoms with Crippen LogP contribution in [0.4, 0.5) is 5.69 Å². The summed E-state index contributed by atoms with van der Waals surface area (Å²) in [6, 6.07) is 12.2. The van der Waals surface area contributed by atoms with Crippen LogP contribution in [-0.4, -0.2) is 22.2 Å². The molecule has 0 saturated carbocycles. The van der Waals surface area contributed by atoms with Gasteiger partial charge in [0.25, 0.3) is 0 Å². The number of para-hydroxylation sites is 1. The van der Waals surface area contributed by atoms with E-state index in [1.54, 1.807) is 0 Å². The number of fused-ring (bicyclic) bond motifs is 1. The highest BCUT2D eigenvalue weighted by Gasteiger charge is 2.27. The zero-order chi connectivity index (χ0) is 28.4. The van der Waals surface area contributed by atoms with Gasteiger partial charge in [0.05, 0.1) is 6.04 Å². The molecule has 4 rings (SSSR count). The molecule has 1 aliphatic carbocycles. The molecule has 1 aliphatic heterocycles. The number of anilines is 1. The number of aromatic hydroxyl groups is 1. The molecule has 1 amide bonds. The van der Waals surface area contributed by atoms with E-state index >= 15 is 0 Å². The van der Waals surface area contributed by atoms with Crippen molar-refractivity contribution in [2.75, 3.05) is 5.32 Å². The molecule has 2 aromatic rings. The third kappa shape index (κ3) is 7.36. The number of phenolic OH excluding ortho intramolecular Hbond substituents is 1. The van der Waals surface area contributed by atoms with E-state index in [0.29, 0.717) is 31.4 Å². The number of benzene rings is 2. The van der Waals surface area contributed by atoms with Crippen molar-refractivity contribution in [1.29, 1.82) is 0 Å². The Hall–Kier alpha value is -2.99. The zero-order valence-electron chi connectivity index (χ0n) is 24.1. The second-order valence-electron chi connectivity index (χ2n) is 12.8. The third-order valence-electron chi connectivity index (χ3n) is 7.35. The van der Waals surface area contributed by atoms with Crippen LogP contribution in [0.2, 0.25) is 0 Å². The van der Waals surface area contributed by atoms with Gasteiger partial charge in [-0.3, -0.25) is 9.59 Å². The maximum absolute atomic E-state index is 12.8. The molecule has 3 N–H and O–H groups in total. The topological polar surface area (TPSA) is 78.4 Å². The molecule has 1 unspecified atom stereocenters. The number of hydrogen-bond donors (Lipinski definition) is 3. The molecule has 0 bridgehead atoms. The second kappa shape index (κ2) is 11.6. The van der Waals surface area contributed by atoms with Crippen LogP contribution in [0.3, 0.4) is 0 Å². The second-order valence-corrected chi connectivity index (χ2v) is 13.9. The molecule has 1 heterocycles. The number of thioether (sulfide) groups is 1. The number of rotatable bonds is 7. The Morgan fingerprint density at radius 1 is 1.00 bits per heavy atom. The van der Waals surface area contributed by atoms with E-state index < -0.39 is 0 Å². The van der Waals surface area contributed by atoms with Crippen LogP contribution >= 0.6 is 11.8 Å². The van der Waals surface area contributed by atoms with Crippen LogP contribution < -0.4 is 10.6 Å². The van der Waals surface area contributed by atoms with Crippen LogP contribution in [0.15, 0.2) is 64.7 Å². The summed E-state index contributed by atoms with van der Waals surface area (Å²) in [4.78, 5) is 26.3. The average molecular weight is 547 g/mol. The van der Waals surface area contributed by atoms with Gasteiger partial charge >= 0.3 is 0 Å². The molecule has 0 saturated heterocycles. The normalized spacial score (nSPS) is 16.8. The minimum absolute atomic E-state index is 0.00372. The van der Waals surface area contributed by atoms with Crippen LogP contribution in [0.1, 0.15) is 90.3 Å². The summed E-state index contributed by atoms with van der Waals surface area (Å²) in [5, 5.41) is 17.6. The lowest BCUT2D eigenvalue weighted by atomic mass is 9.79. The van der Waals surface area contributed by atoms with Crippen molar-refractivity contribution in [2.45, 2.75) is 102 Å². The van der Waals surface area contributed by atoms with Crippen LogP contribution in [0.25, 0.3) is 0 Å². The molecule has 2 aliphatic rings. The van der Waals surface area contributed by atoms with Gasteiger partial charge in [0.2, 0.25) is 5.91 Å². The molecule has 0 spiro atoms. The van der Waals surface area contributed by atoms with Gasteiger partial charge in [-0.05, 0) is 71.9 Å². The number of phenols is 1. The number of amides is 1. The smallest absolute Gasteiger partial charge is 0.220 e. The van der Waals surface area contributed by atoms with E-state index in [0.717, 1.165) is 40.2 Å². The molecule has 2 aromatic carbocycles. The number of carbonyl (C=O) groups is 2. The Morgan fingerprint density at radius 2 is 1.64 bits per heavy atom. The molecule has 0 radical (unpaired) electrons. The Kier molecular flexibility index (Phi) is 8.65. The summed E-state index contributed by atoms with van der Waals surface area (Å²) in [6.07, 6.45) is 8.04. The van der Waals surface area contributed by atoms with E-state index in [-0.39, 0.29) is 27.9 Å². The van der Waals surface area contributed by atoms with Gasteiger partial charge in [-0.1, -0.05) is 77.6 Å². The van der Waals surface area contributed by atoms with Gasteiger partial charge in [-0.2, -0.15) is 0 Å². The quantitative estimate of drug-likeness (QED) is 0.247. The molecule has 5 nitrogen and oxygen atoms in total. The number of unbranched alkanes of at least 4 members (excludes halogenated alkanes) is 1. The van der Waals surface area contributed by atoms with Gasteiger partial charge in [0, 0.05) is 40.2 Å². The van der Waals surface area contributed by atoms with E-state index in [2.05, 4.69) is 82.5 Å².